The van der Waals surface area contributed by atoms with Gasteiger partial charge in [-0.2, -0.15) is 13.9 Å². The van der Waals surface area contributed by atoms with Gasteiger partial charge in [-0.1, -0.05) is 24.3 Å². The minimum absolute atomic E-state index is 0.0300. The molecule has 2 amide bonds. The van der Waals surface area contributed by atoms with Crippen molar-refractivity contribution in [2.75, 3.05) is 10.6 Å². The molecule has 0 bridgehead atoms. The number of nitrogens with zero attached hydrogens (tertiary/aromatic N) is 2. The molecule has 1 heterocycles. The van der Waals surface area contributed by atoms with Crippen LogP contribution in [0.2, 0.25) is 0 Å². The van der Waals surface area contributed by atoms with Crippen LogP contribution in [0.3, 0.4) is 0 Å². The maximum Gasteiger partial charge on any atom is 0.387 e. The van der Waals surface area contributed by atoms with Crippen LogP contribution < -0.4 is 15.4 Å². The van der Waals surface area contributed by atoms with Crippen molar-refractivity contribution in [1.82, 2.24) is 9.78 Å². The first kappa shape index (κ1) is 21.7. The minimum atomic E-state index is -2.96. The molecule has 0 radical (unpaired) electrons. The van der Waals surface area contributed by atoms with Crippen molar-refractivity contribution < 1.29 is 23.1 Å². The number of anilines is 2. The number of hydrogen-bond acceptors (Lipinski definition) is 4. The zero-order valence-electron chi connectivity index (χ0n) is 16.5. The Labute approximate surface area is 177 Å². The number of hydrogen-bond donors (Lipinski definition) is 2. The van der Waals surface area contributed by atoms with Gasteiger partial charge in [0.1, 0.15) is 11.8 Å². The molecule has 0 aliphatic rings. The van der Waals surface area contributed by atoms with Gasteiger partial charge in [0, 0.05) is 35.4 Å². The van der Waals surface area contributed by atoms with Crippen LogP contribution in [0.5, 0.6) is 5.75 Å². The fourth-order valence-electron chi connectivity index (χ4n) is 2.72. The van der Waals surface area contributed by atoms with Gasteiger partial charge < -0.3 is 15.4 Å². The highest BCUT2D eigenvalue weighted by atomic mass is 19.3. The summed E-state index contributed by atoms with van der Waals surface area (Å²) in [6.07, 6.45) is 5.87. The largest absolute Gasteiger partial charge is 0.434 e. The standard InChI is InChI=1S/C22H20F2N4O3/c1-15(28-13-5-12-25-28)21(30)27-18-8-4-7-17(14-18)26-20(29)11-10-16-6-2-3-9-19(16)31-22(23)24/h2-15,22H,1H3,(H,26,29)(H,27,30)/b11-10+. The summed E-state index contributed by atoms with van der Waals surface area (Å²) < 4.78 is 30.9. The molecule has 0 fully saturated rings. The Morgan fingerprint density at radius 2 is 1.81 bits per heavy atom. The molecule has 3 aromatic rings. The van der Waals surface area contributed by atoms with Crippen molar-refractivity contribution in [1.29, 1.82) is 0 Å². The van der Waals surface area contributed by atoms with E-state index in [0.29, 0.717) is 16.9 Å². The van der Waals surface area contributed by atoms with Crippen LogP contribution in [0, 0.1) is 0 Å². The number of alkyl halides is 2. The summed E-state index contributed by atoms with van der Waals surface area (Å²) in [4.78, 5) is 24.6. The average Bonchev–Trinajstić information content (AvgIpc) is 3.27. The number of amides is 2. The number of carbonyl (C=O) groups is 2. The van der Waals surface area contributed by atoms with Gasteiger partial charge in [0.25, 0.3) is 0 Å². The molecule has 0 aliphatic heterocycles. The van der Waals surface area contributed by atoms with E-state index in [2.05, 4.69) is 20.5 Å². The van der Waals surface area contributed by atoms with Crippen molar-refractivity contribution in [2.45, 2.75) is 19.6 Å². The second kappa shape index (κ2) is 10.1. The highest BCUT2D eigenvalue weighted by Gasteiger charge is 2.15. The fraction of sp³-hybridized carbons (Fsp3) is 0.136. The van der Waals surface area contributed by atoms with Crippen molar-refractivity contribution in [2.24, 2.45) is 0 Å². The third-order valence-electron chi connectivity index (χ3n) is 4.25. The molecule has 1 unspecified atom stereocenters. The maximum absolute atomic E-state index is 12.5. The van der Waals surface area contributed by atoms with E-state index in [1.807, 2.05) is 0 Å². The van der Waals surface area contributed by atoms with Crippen LogP contribution in [0.1, 0.15) is 18.5 Å². The predicted octanol–water partition coefficient (Wildman–Crippen LogP) is 4.34. The number of aromatic nitrogens is 2. The topological polar surface area (TPSA) is 85.3 Å². The van der Waals surface area contributed by atoms with Gasteiger partial charge in [-0.25, -0.2) is 0 Å². The molecule has 0 saturated heterocycles. The smallest absolute Gasteiger partial charge is 0.387 e. The Balaban J connectivity index is 1.62. The Kier molecular flexibility index (Phi) is 7.10. The lowest BCUT2D eigenvalue weighted by Crippen LogP contribution is -2.24. The van der Waals surface area contributed by atoms with Crippen molar-refractivity contribution >= 4 is 29.3 Å². The molecule has 1 atom stereocenters. The Bertz CT molecular complexity index is 1070. The highest BCUT2D eigenvalue weighted by Crippen LogP contribution is 2.22. The van der Waals surface area contributed by atoms with Crippen molar-refractivity contribution in [3.8, 4) is 5.75 Å². The first-order valence-electron chi connectivity index (χ1n) is 9.35. The fourth-order valence-corrected chi connectivity index (χ4v) is 2.72. The molecule has 7 nitrogen and oxygen atoms in total. The number of rotatable bonds is 8. The molecule has 3 rings (SSSR count). The second-order valence-electron chi connectivity index (χ2n) is 6.47. The number of halogens is 2. The third-order valence-corrected chi connectivity index (χ3v) is 4.25. The molecular formula is C22H20F2N4O3. The van der Waals surface area contributed by atoms with Crippen molar-refractivity contribution in [3.05, 3.63) is 78.6 Å². The van der Waals surface area contributed by atoms with E-state index in [-0.39, 0.29) is 11.7 Å². The summed E-state index contributed by atoms with van der Waals surface area (Å²) in [5, 5.41) is 9.47. The minimum Gasteiger partial charge on any atom is -0.434 e. The summed E-state index contributed by atoms with van der Waals surface area (Å²) in [5.41, 5.74) is 1.30. The van der Waals surface area contributed by atoms with E-state index in [9.17, 15) is 18.4 Å². The van der Waals surface area contributed by atoms with Crippen LogP contribution in [0.15, 0.2) is 73.1 Å². The number of benzene rings is 2. The first-order chi connectivity index (χ1) is 14.9. The lowest BCUT2D eigenvalue weighted by molar-refractivity contribution is -0.119. The summed E-state index contributed by atoms with van der Waals surface area (Å²) in [6, 6.07) is 14.0. The summed E-state index contributed by atoms with van der Waals surface area (Å²) in [7, 11) is 0. The molecule has 31 heavy (non-hydrogen) atoms. The molecule has 0 spiro atoms. The molecule has 9 heteroatoms. The van der Waals surface area contributed by atoms with Crippen LogP contribution in [0.4, 0.5) is 20.2 Å². The highest BCUT2D eigenvalue weighted by molar-refractivity contribution is 6.02. The number of nitrogens with one attached hydrogen (secondary N) is 2. The number of para-hydroxylation sites is 1. The van der Waals surface area contributed by atoms with Crippen LogP contribution in [-0.4, -0.2) is 28.2 Å². The van der Waals surface area contributed by atoms with E-state index < -0.39 is 18.6 Å². The first-order valence-corrected chi connectivity index (χ1v) is 9.35. The number of carbonyl (C=O) groups excluding carboxylic acids is 2. The Hall–Kier alpha value is -4.01. The zero-order valence-corrected chi connectivity index (χ0v) is 16.5. The maximum atomic E-state index is 12.5. The van der Waals surface area contributed by atoms with Gasteiger partial charge in [0.15, 0.2) is 0 Å². The van der Waals surface area contributed by atoms with Gasteiger partial charge in [-0.3, -0.25) is 14.3 Å². The van der Waals surface area contributed by atoms with Gasteiger partial charge >= 0.3 is 6.61 Å². The molecule has 0 aliphatic carbocycles. The zero-order chi connectivity index (χ0) is 22.2. The third kappa shape index (κ3) is 6.23. The van der Waals surface area contributed by atoms with Gasteiger partial charge in [0.2, 0.25) is 11.8 Å². The van der Waals surface area contributed by atoms with Gasteiger partial charge in [0.05, 0.1) is 0 Å². The molecule has 160 valence electrons. The van der Waals surface area contributed by atoms with Crippen LogP contribution in [0.25, 0.3) is 6.08 Å². The second-order valence-corrected chi connectivity index (χ2v) is 6.47. The van der Waals surface area contributed by atoms with Crippen LogP contribution >= 0.6 is 0 Å². The van der Waals surface area contributed by atoms with Gasteiger partial charge in [-0.15, -0.1) is 0 Å². The van der Waals surface area contributed by atoms with E-state index in [0.717, 1.165) is 0 Å². The van der Waals surface area contributed by atoms with E-state index >= 15 is 0 Å². The summed E-state index contributed by atoms with van der Waals surface area (Å²) >= 11 is 0. The lowest BCUT2D eigenvalue weighted by Gasteiger charge is -2.13. The normalized spacial score (nSPS) is 12.0. The Morgan fingerprint density at radius 3 is 2.52 bits per heavy atom. The van der Waals surface area contributed by atoms with Gasteiger partial charge in [-0.05, 0) is 43.3 Å². The summed E-state index contributed by atoms with van der Waals surface area (Å²) in [5.74, 6) is -0.763. The van der Waals surface area contributed by atoms with Crippen molar-refractivity contribution in [3.63, 3.8) is 0 Å². The molecule has 2 N–H and O–H groups in total. The molecular weight excluding hydrogens is 406 g/mol. The van der Waals surface area contributed by atoms with Crippen LogP contribution in [-0.2, 0) is 9.59 Å². The SMILES string of the molecule is CC(C(=O)Nc1cccc(NC(=O)/C=C/c2ccccc2OC(F)F)c1)n1cccn1. The monoisotopic (exact) mass is 426 g/mol. The molecule has 1 aromatic heterocycles. The molecule has 2 aromatic carbocycles. The molecule has 0 saturated carbocycles. The Morgan fingerprint density at radius 1 is 1.06 bits per heavy atom. The average molecular weight is 426 g/mol. The predicted molar refractivity (Wildman–Crippen MR) is 113 cm³/mol. The van der Waals surface area contributed by atoms with E-state index in [1.54, 1.807) is 67.8 Å². The quantitative estimate of drug-likeness (QED) is 0.525. The number of ether oxygens (including phenoxy) is 1. The lowest BCUT2D eigenvalue weighted by atomic mass is 10.2. The van der Waals surface area contributed by atoms with E-state index in [4.69, 9.17) is 0 Å². The summed E-state index contributed by atoms with van der Waals surface area (Å²) in [6.45, 7) is -1.24. The van der Waals surface area contributed by atoms with E-state index in [1.165, 1.54) is 22.9 Å².